The summed E-state index contributed by atoms with van der Waals surface area (Å²) in [5, 5.41) is 74.5. The Kier molecular flexibility index (Phi) is 30.1. The number of carbonyl (C=O) groups excluding carboxylic acids is 7. The number of nitrogens with one attached hydrogen (secondary N) is 4. The smallest absolute Gasteiger partial charge is 0.327 e. The van der Waals surface area contributed by atoms with Gasteiger partial charge in [0, 0.05) is 45.4 Å². The van der Waals surface area contributed by atoms with Gasteiger partial charge < -0.3 is 109 Å². The fourth-order valence-corrected chi connectivity index (χ4v) is 25.6. The average Bonchev–Trinajstić information content (AvgIpc) is 1.60. The Balaban J connectivity index is 0.000000184. The molecule has 13 rings (SSSR count). The van der Waals surface area contributed by atoms with Crippen LogP contribution >= 0.6 is 54.3 Å². The van der Waals surface area contributed by atoms with Gasteiger partial charge >= 0.3 is 50.1 Å². The van der Waals surface area contributed by atoms with Crippen LogP contribution in [-0.2, 0) is 79.7 Å². The van der Waals surface area contributed by atoms with E-state index in [0.29, 0.717) is 22.8 Å². The molecule has 1 aromatic carbocycles. The van der Waals surface area contributed by atoms with Gasteiger partial charge in [0.1, 0.15) is 89.7 Å². The summed E-state index contributed by atoms with van der Waals surface area (Å²) in [7, 11) is 8.32. The number of nitrogens with zero attached hydrogens (tertiary/aromatic N) is 15. The molecule has 6 aliphatic heterocycles. The number of nitrogens with two attached hydrogens (primary N) is 3. The van der Waals surface area contributed by atoms with Gasteiger partial charge in [-0.25, -0.2) is 39.8 Å². The predicted octanol–water partition coefficient (Wildman–Crippen LogP) is 1.06. The third-order valence-corrected chi connectivity index (χ3v) is 33.0. The van der Waals surface area contributed by atoms with Gasteiger partial charge in [-0.1, -0.05) is 64.5 Å². The monoisotopic (exact) mass is 1890 g/mol. The first-order valence-electron chi connectivity index (χ1n) is 38.7. The van der Waals surface area contributed by atoms with Crippen LogP contribution in [-0.4, -0.2) is 326 Å². The van der Waals surface area contributed by atoms with E-state index >= 15 is 0 Å². The summed E-state index contributed by atoms with van der Waals surface area (Å²) in [5.41, 5.74) is 12.6. The molecule has 8 unspecified atom stereocenters. The van der Waals surface area contributed by atoms with Crippen molar-refractivity contribution >= 4 is 147 Å². The minimum Gasteiger partial charge on any atom is -0.479 e. The van der Waals surface area contributed by atoms with E-state index in [2.05, 4.69) is 60.1 Å². The lowest BCUT2D eigenvalue weighted by Gasteiger charge is -2.27. The number of anilines is 3. The number of ether oxygens (including phenoxy) is 8. The fraction of sp³-hybridized carbons (Fsp3) is 0.600. The van der Waals surface area contributed by atoms with Crippen molar-refractivity contribution in [3.05, 3.63) is 65.2 Å². The quantitative estimate of drug-likeness (QED) is 0.0125. The number of hydrogen-bond acceptors (Lipinski definition) is 42. The number of carbonyl (C=O) groups is 7. The standard InChI is InChI=1S/2C24H37N8O10PS.C22H27N6O8PS/c2*1-11(2)41-20(35)12(3)29-43(38,44-9-13-19(34)31(6)23(36)30(13)5)40-8-14-16(33)24(4,37)21(42-14)32-10-26-15-17(32)27-22(25)28-18(15)39-7;1-11(12-6-4-3-5-7-12)35-19(31)13-9-38-37(33,27-13)34-8-14-16(29)22(2,32)20(36-14)28-10-24-15-17(28)25-21(23)26-18(15)30/h2*10-14,16,21,33,37H,8-9H2,1-7H3,(H,29,38)(H2,25,27,28);3-7,10-11,13-14,16,20,29,32H,8-9H2,1-2H3,(H,27,33)(H3,23,25,26,30)/t12-,13?,14?,16+,21+,24+,43+;12-,13?,14?,16+,21+,24+,43-;11?,13?,14?,16-,20-,22-,37?/m001/s1. The number of hydrogen-bond donors (Lipinski definition) is 13. The number of urea groups is 2. The summed E-state index contributed by atoms with van der Waals surface area (Å²) in [5.74, 6) is -3.28. The van der Waals surface area contributed by atoms with E-state index in [-0.39, 0.29) is 87.0 Å². The van der Waals surface area contributed by atoms with Crippen LogP contribution in [0, 0.1) is 0 Å². The molecule has 692 valence electrons. The van der Waals surface area contributed by atoms with Crippen molar-refractivity contribution in [1.82, 2.24) is 93.4 Å². The lowest BCUT2D eigenvalue weighted by Crippen LogP contribution is -2.44. The number of nitrogen functional groups attached to an aromatic ring is 3. The number of aliphatic hydroxyl groups excluding tert-OH is 3. The van der Waals surface area contributed by atoms with Crippen LogP contribution in [0.2, 0.25) is 0 Å². The Hall–Kier alpha value is -8.90. The van der Waals surface area contributed by atoms with E-state index in [1.165, 1.54) is 120 Å². The maximum absolute atomic E-state index is 14.1. The SMILES string of the molecule is CC(OC(=O)C1CSP(=O)(OCC2O[C@@H](n3cnc4c(=O)[nH]c(N)nc43)[C@](C)(O)[C@@H]2O)N1)c1ccccc1.COc1nc(N)nc2c1ncn2[C@@H]1OC(CO[P@@](=O)(N[C@@H](C)C(=O)OC(C)C)SCC2C(=O)N(C)C(=O)N2C)[C@@H](O)[C@@]1(C)O.COc1nc(N)nc2c1ncn2[C@@H]1OC(CO[P@](=O)(N[C@@H](C)C(=O)OC(C)C)SCC2C(=O)N(C)C(=O)N2C)[C@@H](O)[C@@]1(C)O. The molecule has 6 saturated heterocycles. The molecule has 0 saturated carbocycles. The lowest BCUT2D eigenvalue weighted by atomic mass is 9.96. The average molecular weight is 1890 g/mol. The number of likely N-dealkylation sites (N-methyl/N-ethyl adjacent to an activating group) is 4. The molecular weight excluding hydrogens is 1790 g/mol. The van der Waals surface area contributed by atoms with E-state index < -0.39 is 201 Å². The second kappa shape index (κ2) is 38.8. The Morgan fingerprint density at radius 2 is 0.992 bits per heavy atom. The van der Waals surface area contributed by atoms with E-state index in [4.69, 9.17) is 68.7 Å². The Labute approximate surface area is 730 Å². The number of imidazole rings is 3. The molecule has 6 fully saturated rings. The largest absolute Gasteiger partial charge is 0.479 e. The molecule has 6 amide bonds. The van der Waals surface area contributed by atoms with Crippen molar-refractivity contribution in [2.45, 2.75) is 190 Å². The summed E-state index contributed by atoms with van der Waals surface area (Å²) in [6, 6.07) is 3.26. The number of aliphatic hydroxyl groups is 6. The molecule has 56 heteroatoms. The van der Waals surface area contributed by atoms with E-state index in [1.54, 1.807) is 34.6 Å². The topological polar surface area (TPSA) is 671 Å². The molecule has 12 heterocycles. The number of fused-ring (bicyclic) bond motifs is 3. The molecule has 6 aliphatic rings. The van der Waals surface area contributed by atoms with Crippen molar-refractivity contribution in [1.29, 1.82) is 0 Å². The number of amides is 6. The number of benzene rings is 1. The second-order valence-electron chi connectivity index (χ2n) is 30.9. The van der Waals surface area contributed by atoms with Crippen molar-refractivity contribution in [3.8, 4) is 11.8 Å². The zero-order valence-corrected chi connectivity index (χ0v) is 76.0. The molecule has 0 aliphatic carbocycles. The number of esters is 3. The molecule has 6 aromatic heterocycles. The second-order valence-corrected chi connectivity index (χ2v) is 43.9. The van der Waals surface area contributed by atoms with Crippen LogP contribution in [0.4, 0.5) is 27.4 Å². The molecule has 50 nitrogen and oxygen atoms in total. The van der Waals surface area contributed by atoms with Crippen molar-refractivity contribution in [2.75, 3.05) is 96.7 Å². The molecule has 126 heavy (non-hydrogen) atoms. The van der Waals surface area contributed by atoms with Gasteiger partial charge in [0.15, 0.2) is 52.2 Å². The number of methoxy groups -OCH3 is 2. The summed E-state index contributed by atoms with van der Waals surface area (Å²) >= 11 is 2.34. The molecule has 21 atom stereocenters. The van der Waals surface area contributed by atoms with Crippen LogP contribution in [0.1, 0.15) is 99.6 Å². The van der Waals surface area contributed by atoms with Crippen molar-refractivity contribution < 1.29 is 129 Å². The number of aromatic nitrogens is 12. The highest BCUT2D eigenvalue weighted by molar-refractivity contribution is 8.56. The normalized spacial score (nSPS) is 29.0. The van der Waals surface area contributed by atoms with Crippen LogP contribution in [0.3, 0.4) is 0 Å². The fourth-order valence-electron chi connectivity index (χ4n) is 13.8. The summed E-state index contributed by atoms with van der Waals surface area (Å²) < 4.78 is 107. The van der Waals surface area contributed by atoms with Gasteiger partial charge in [0.05, 0.1) is 65.2 Å². The highest BCUT2D eigenvalue weighted by Gasteiger charge is 2.58. The van der Waals surface area contributed by atoms with Crippen LogP contribution in [0.5, 0.6) is 11.8 Å². The van der Waals surface area contributed by atoms with Crippen LogP contribution in [0.15, 0.2) is 54.1 Å². The number of H-pyrrole nitrogens is 1. The van der Waals surface area contributed by atoms with Crippen LogP contribution in [0.25, 0.3) is 33.5 Å². The first-order valence-corrected chi connectivity index (χ1v) is 48.4. The minimum absolute atomic E-state index is 0.0247. The first kappa shape index (κ1) is 97.7. The third-order valence-electron chi connectivity index (χ3n) is 20.7. The Morgan fingerprint density at radius 3 is 1.37 bits per heavy atom. The Bertz CT molecular complexity index is 5210. The maximum atomic E-state index is 14.1. The molecular formula is C70H101N22O28P3S3. The van der Waals surface area contributed by atoms with E-state index in [9.17, 15) is 82.7 Å². The zero-order chi connectivity index (χ0) is 92.7. The first-order chi connectivity index (χ1) is 59.0. The van der Waals surface area contributed by atoms with Gasteiger partial charge in [0.2, 0.25) is 29.6 Å². The maximum Gasteiger partial charge on any atom is 0.327 e. The zero-order valence-electron chi connectivity index (χ0n) is 70.8. The van der Waals surface area contributed by atoms with Gasteiger partial charge in [-0.05, 0) is 74.8 Å². The molecule has 0 spiro atoms. The van der Waals surface area contributed by atoms with E-state index in [0.717, 1.165) is 26.7 Å². The summed E-state index contributed by atoms with van der Waals surface area (Å²) in [6.45, 7) is 2.18. The van der Waals surface area contributed by atoms with Crippen LogP contribution < -0.4 is 47.5 Å². The van der Waals surface area contributed by atoms with Crippen molar-refractivity contribution in [2.24, 2.45) is 0 Å². The summed E-state index contributed by atoms with van der Waals surface area (Å²) in [6.07, 6.45) is -9.34. The van der Waals surface area contributed by atoms with E-state index in [1.807, 2.05) is 30.3 Å². The third kappa shape index (κ3) is 20.7. The lowest BCUT2D eigenvalue weighted by molar-refractivity contribution is -0.150. The number of rotatable bonds is 31. The Morgan fingerprint density at radius 1 is 0.603 bits per heavy atom. The number of aromatic amines is 1. The highest BCUT2D eigenvalue weighted by Crippen LogP contribution is 2.62. The number of imide groups is 2. The molecule has 7 aromatic rings. The van der Waals surface area contributed by atoms with Gasteiger partial charge in [0.25, 0.3) is 17.4 Å². The minimum atomic E-state index is -4.06. The predicted molar refractivity (Wildman–Crippen MR) is 450 cm³/mol. The highest BCUT2D eigenvalue weighted by atomic mass is 32.7. The molecule has 16 N–H and O–H groups in total. The molecule has 0 bridgehead atoms. The molecule has 0 radical (unpaired) electrons. The van der Waals surface area contributed by atoms with Gasteiger partial charge in [-0.3, -0.25) is 70.9 Å². The van der Waals surface area contributed by atoms with Gasteiger partial charge in [-0.15, -0.1) is 0 Å². The summed E-state index contributed by atoms with van der Waals surface area (Å²) in [4.78, 5) is 139. The van der Waals surface area contributed by atoms with Gasteiger partial charge in [-0.2, -0.15) is 24.9 Å². The van der Waals surface area contributed by atoms with Crippen molar-refractivity contribution in [3.63, 3.8) is 0 Å².